The Morgan fingerprint density at radius 2 is 0.934 bits per heavy atom. The van der Waals surface area contributed by atoms with Crippen LogP contribution in [0.3, 0.4) is 0 Å². The molecule has 0 aliphatic heterocycles. The molecule has 12 aromatic rings. The van der Waals surface area contributed by atoms with E-state index in [9.17, 15) is 0 Å². The van der Waals surface area contributed by atoms with Crippen LogP contribution in [0.4, 0.5) is 17.1 Å². The van der Waals surface area contributed by atoms with Crippen molar-refractivity contribution in [1.82, 2.24) is 0 Å². The molecule has 2 aromatic heterocycles. The van der Waals surface area contributed by atoms with E-state index >= 15 is 0 Å². The fraction of sp³-hybridized carbons (Fsp3) is 0. The van der Waals surface area contributed by atoms with Gasteiger partial charge in [0.2, 0.25) is 0 Å². The monoisotopic (exact) mass is 795 g/mol. The summed E-state index contributed by atoms with van der Waals surface area (Å²) >= 11 is 1.87. The van der Waals surface area contributed by atoms with Crippen molar-refractivity contribution < 1.29 is 4.42 Å². The smallest absolute Gasteiger partial charge is 0.136 e. The minimum Gasteiger partial charge on any atom is -0.456 e. The third-order valence-corrected chi connectivity index (χ3v) is 13.3. The van der Waals surface area contributed by atoms with Gasteiger partial charge in [-0.1, -0.05) is 176 Å². The average molecular weight is 796 g/mol. The highest BCUT2D eigenvalue weighted by Gasteiger charge is 2.21. The number of para-hydroxylation sites is 2. The molecule has 0 N–H and O–H groups in total. The molecule has 0 spiro atoms. The van der Waals surface area contributed by atoms with Gasteiger partial charge in [0, 0.05) is 47.9 Å². The molecule has 0 saturated heterocycles. The summed E-state index contributed by atoms with van der Waals surface area (Å²) < 4.78 is 8.98. The van der Waals surface area contributed by atoms with E-state index in [-0.39, 0.29) is 0 Å². The lowest BCUT2D eigenvalue weighted by Gasteiger charge is -2.29. The lowest BCUT2D eigenvalue weighted by molar-refractivity contribution is 0.669. The van der Waals surface area contributed by atoms with Gasteiger partial charge in [0.15, 0.2) is 0 Å². The summed E-state index contributed by atoms with van der Waals surface area (Å²) in [6.45, 7) is 0. The van der Waals surface area contributed by atoms with E-state index in [2.05, 4.69) is 223 Å². The number of rotatable bonds is 7. The molecule has 0 aliphatic carbocycles. The zero-order valence-electron chi connectivity index (χ0n) is 33.1. The quantitative estimate of drug-likeness (QED) is 0.160. The van der Waals surface area contributed by atoms with Gasteiger partial charge in [0.25, 0.3) is 0 Å². The fourth-order valence-corrected chi connectivity index (χ4v) is 10.6. The normalized spacial score (nSPS) is 11.6. The number of hydrogen-bond acceptors (Lipinski definition) is 3. The van der Waals surface area contributed by atoms with Crippen LogP contribution in [-0.4, -0.2) is 0 Å². The first-order valence-corrected chi connectivity index (χ1v) is 21.6. The first-order valence-electron chi connectivity index (χ1n) is 20.7. The van der Waals surface area contributed by atoms with Gasteiger partial charge in [-0.2, -0.15) is 0 Å². The third-order valence-electron chi connectivity index (χ3n) is 12.1. The predicted molar refractivity (Wildman–Crippen MR) is 261 cm³/mol. The molecule has 10 aromatic carbocycles. The molecule has 2 nitrogen and oxygen atoms in total. The van der Waals surface area contributed by atoms with Gasteiger partial charge in [0.1, 0.15) is 11.2 Å². The summed E-state index contributed by atoms with van der Waals surface area (Å²) in [4.78, 5) is 2.43. The van der Waals surface area contributed by atoms with Gasteiger partial charge in [-0.05, 0) is 98.2 Å². The van der Waals surface area contributed by atoms with Crippen molar-refractivity contribution in [2.75, 3.05) is 4.90 Å². The van der Waals surface area contributed by atoms with E-state index in [0.717, 1.165) is 55.7 Å². The van der Waals surface area contributed by atoms with Crippen LogP contribution >= 0.6 is 11.3 Å². The highest BCUT2D eigenvalue weighted by molar-refractivity contribution is 7.26. The zero-order valence-corrected chi connectivity index (χ0v) is 33.9. The van der Waals surface area contributed by atoms with E-state index in [4.69, 9.17) is 4.42 Å². The first-order chi connectivity index (χ1) is 30.3. The van der Waals surface area contributed by atoms with Crippen LogP contribution in [0.15, 0.2) is 229 Å². The van der Waals surface area contributed by atoms with E-state index < -0.39 is 0 Å². The first kappa shape index (κ1) is 35.2. The molecule has 0 fully saturated rings. The number of fused-ring (bicyclic) bond motifs is 7. The largest absolute Gasteiger partial charge is 0.456 e. The van der Waals surface area contributed by atoms with Crippen molar-refractivity contribution in [1.29, 1.82) is 0 Å². The van der Waals surface area contributed by atoms with E-state index in [0.29, 0.717) is 0 Å². The van der Waals surface area contributed by atoms with E-state index in [1.807, 2.05) is 17.4 Å². The molecule has 61 heavy (non-hydrogen) atoms. The van der Waals surface area contributed by atoms with E-state index in [1.165, 1.54) is 58.8 Å². The lowest BCUT2D eigenvalue weighted by atomic mass is 9.90. The maximum atomic E-state index is 6.35. The molecule has 0 unspecified atom stereocenters. The molecule has 2 heterocycles. The number of anilines is 3. The number of thiophene rings is 1. The summed E-state index contributed by atoms with van der Waals surface area (Å²) in [5.41, 5.74) is 14.5. The van der Waals surface area contributed by atoms with Crippen LogP contribution in [0.5, 0.6) is 0 Å². The molecular formula is C58H37NOS. The molecule has 3 heteroatoms. The SMILES string of the molecule is c1ccc(-c2cccc3cccc(-c4ccccc4N(c4ccc(-c5cccc6c5sc5ccccc56)cc4)c4cccc(-c5cccc6oc7ccccc7c56)c4)c23)cc1. The van der Waals surface area contributed by atoms with Crippen molar-refractivity contribution in [3.63, 3.8) is 0 Å². The van der Waals surface area contributed by atoms with Gasteiger partial charge in [0.05, 0.1) is 5.69 Å². The summed E-state index contributed by atoms with van der Waals surface area (Å²) in [6, 6.07) is 81.2. The second-order valence-electron chi connectivity index (χ2n) is 15.6. The summed E-state index contributed by atoms with van der Waals surface area (Å²) in [7, 11) is 0. The highest BCUT2D eigenvalue weighted by atomic mass is 32.1. The van der Waals surface area contributed by atoms with Crippen LogP contribution in [0.25, 0.3) is 97.4 Å². The minimum atomic E-state index is 0.890. The Balaban J connectivity index is 1.07. The summed E-state index contributed by atoms with van der Waals surface area (Å²) in [6.07, 6.45) is 0. The Kier molecular flexibility index (Phi) is 8.39. The fourth-order valence-electron chi connectivity index (χ4n) is 9.34. The molecule has 0 amide bonds. The van der Waals surface area contributed by atoms with E-state index in [1.54, 1.807) is 0 Å². The molecule has 0 bridgehead atoms. The minimum absolute atomic E-state index is 0.890. The van der Waals surface area contributed by atoms with Crippen LogP contribution in [0.1, 0.15) is 0 Å². The lowest BCUT2D eigenvalue weighted by Crippen LogP contribution is -2.11. The van der Waals surface area contributed by atoms with Gasteiger partial charge in [-0.3, -0.25) is 0 Å². The Hall–Kier alpha value is -7.72. The number of nitrogens with zero attached hydrogens (tertiary/aromatic N) is 1. The maximum Gasteiger partial charge on any atom is 0.136 e. The second kappa shape index (κ2) is 14.5. The highest BCUT2D eigenvalue weighted by Crippen LogP contribution is 2.47. The van der Waals surface area contributed by atoms with Crippen molar-refractivity contribution in [3.8, 4) is 44.5 Å². The summed E-state index contributed by atoms with van der Waals surface area (Å²) in [5.74, 6) is 0. The molecule has 0 atom stereocenters. The Labute approximate surface area is 357 Å². The topological polar surface area (TPSA) is 16.4 Å². The Bertz CT molecular complexity index is 3590. The molecule has 0 aliphatic rings. The second-order valence-corrected chi connectivity index (χ2v) is 16.6. The van der Waals surface area contributed by atoms with Gasteiger partial charge >= 0.3 is 0 Å². The van der Waals surface area contributed by atoms with Crippen molar-refractivity contribution >= 4 is 81.3 Å². The number of furan rings is 1. The molecule has 286 valence electrons. The van der Waals surface area contributed by atoms with Gasteiger partial charge < -0.3 is 9.32 Å². The molecule has 0 saturated carbocycles. The molecule has 0 radical (unpaired) electrons. The standard InChI is InChI=1S/C58H37NOS/c1-2-15-38(16-3-1)44-24-11-17-40-18-12-27-49(56(40)44)47-21-4-7-29-52(47)59(42-35-33-39(34-36-42)46-26-13-28-50-48-22-6-9-32-55(48)61-58(46)50)43-20-10-19-41(37-43)45-25-14-31-54-57(45)51-23-5-8-30-53(51)60-54/h1-37H. The third kappa shape index (κ3) is 5.93. The summed E-state index contributed by atoms with van der Waals surface area (Å²) in [5, 5.41) is 7.32. The van der Waals surface area contributed by atoms with Crippen LogP contribution < -0.4 is 4.90 Å². The van der Waals surface area contributed by atoms with Crippen molar-refractivity contribution in [3.05, 3.63) is 224 Å². The van der Waals surface area contributed by atoms with Crippen molar-refractivity contribution in [2.45, 2.75) is 0 Å². The van der Waals surface area contributed by atoms with Crippen LogP contribution in [-0.2, 0) is 0 Å². The van der Waals surface area contributed by atoms with Gasteiger partial charge in [-0.25, -0.2) is 0 Å². The molecular weight excluding hydrogens is 759 g/mol. The van der Waals surface area contributed by atoms with Gasteiger partial charge in [-0.15, -0.1) is 11.3 Å². The maximum absolute atomic E-state index is 6.35. The number of hydrogen-bond donors (Lipinski definition) is 0. The Morgan fingerprint density at radius 3 is 1.80 bits per heavy atom. The van der Waals surface area contributed by atoms with Crippen LogP contribution in [0.2, 0.25) is 0 Å². The zero-order chi connectivity index (χ0) is 40.3. The van der Waals surface area contributed by atoms with Crippen LogP contribution in [0, 0.1) is 0 Å². The molecule has 12 rings (SSSR count). The number of benzene rings is 10. The Morgan fingerprint density at radius 1 is 0.344 bits per heavy atom. The van der Waals surface area contributed by atoms with Crippen molar-refractivity contribution in [2.24, 2.45) is 0 Å². The average Bonchev–Trinajstić information content (AvgIpc) is 3.91. The predicted octanol–water partition coefficient (Wildman–Crippen LogP) is 17.2.